The van der Waals surface area contributed by atoms with E-state index < -0.39 is 11.8 Å². The first-order chi connectivity index (χ1) is 20.9. The zero-order chi connectivity index (χ0) is 31.8. The number of pyridine rings is 1. The van der Waals surface area contributed by atoms with Crippen LogP contribution < -0.4 is 4.57 Å². The minimum atomic E-state index is -0.773. The van der Waals surface area contributed by atoms with Crippen LogP contribution in [0.1, 0.15) is 90.5 Å². The van der Waals surface area contributed by atoms with Crippen molar-refractivity contribution < 1.29 is 14.4 Å². The second-order valence-electron chi connectivity index (χ2n) is 14.3. The molecule has 0 amide bonds. The Hall–Kier alpha value is -3.43. The van der Waals surface area contributed by atoms with Crippen LogP contribution in [0.5, 0.6) is 0 Å². The summed E-state index contributed by atoms with van der Waals surface area (Å²) in [6.07, 6.45) is 4.84. The van der Waals surface area contributed by atoms with E-state index in [0.29, 0.717) is 24.2 Å². The van der Waals surface area contributed by atoms with Crippen LogP contribution in [0.25, 0.3) is 33.3 Å². The fourth-order valence-corrected chi connectivity index (χ4v) is 7.17. The summed E-state index contributed by atoms with van der Waals surface area (Å²) in [5.74, 6) is 2.18. The number of aromatic nitrogens is 1. The van der Waals surface area contributed by atoms with Crippen LogP contribution in [0.2, 0.25) is 0 Å². The zero-order valence-electron chi connectivity index (χ0n) is 28.4. The topological polar surface area (TPSA) is 33.3 Å². The summed E-state index contributed by atoms with van der Waals surface area (Å²) in [5.41, 5.74) is 10.5. The molecule has 0 aliphatic carbocycles. The molecular weight excluding hydrogens is 538 g/mol. The SMILES string of the molecule is CCc1cc(C)cc2c1C(C)(O/C(=C\C(O)CC(C)C)CC(C)C)[n+]1c-2cc(CC(C)C)c2cc(-c3ccccc3)ccc21. The normalized spacial score (nSPS) is 17.1. The van der Waals surface area contributed by atoms with Crippen molar-refractivity contribution >= 4 is 10.9 Å². The number of hydrogen-bond acceptors (Lipinski definition) is 2. The van der Waals surface area contributed by atoms with Gasteiger partial charge in [0.25, 0.3) is 0 Å². The van der Waals surface area contributed by atoms with Gasteiger partial charge in [0.05, 0.1) is 22.6 Å². The summed E-state index contributed by atoms with van der Waals surface area (Å²) < 4.78 is 9.76. The number of benzene rings is 3. The van der Waals surface area contributed by atoms with E-state index in [4.69, 9.17) is 4.74 Å². The van der Waals surface area contributed by atoms with Crippen LogP contribution in [0.4, 0.5) is 0 Å². The minimum absolute atomic E-state index is 0.392. The molecule has 3 nitrogen and oxygen atoms in total. The van der Waals surface area contributed by atoms with Gasteiger partial charge in [0.2, 0.25) is 11.2 Å². The first kappa shape index (κ1) is 32.0. The molecule has 0 fully saturated rings. The van der Waals surface area contributed by atoms with Crippen molar-refractivity contribution in [2.24, 2.45) is 17.8 Å². The van der Waals surface area contributed by atoms with Gasteiger partial charge in [-0.05, 0) is 96.0 Å². The molecule has 1 N–H and O–H groups in total. The summed E-state index contributed by atoms with van der Waals surface area (Å²) in [6.45, 7) is 20.0. The zero-order valence-corrected chi connectivity index (χ0v) is 28.4. The third-order valence-corrected chi connectivity index (χ3v) is 8.81. The van der Waals surface area contributed by atoms with Gasteiger partial charge in [0, 0.05) is 25.5 Å². The molecular formula is C41H52NO2+. The van der Waals surface area contributed by atoms with E-state index in [-0.39, 0.29) is 0 Å². The Morgan fingerprint density at radius 2 is 1.59 bits per heavy atom. The van der Waals surface area contributed by atoms with Crippen molar-refractivity contribution in [3.63, 3.8) is 0 Å². The van der Waals surface area contributed by atoms with Gasteiger partial charge in [-0.15, -0.1) is 4.57 Å². The van der Waals surface area contributed by atoms with E-state index in [1.807, 2.05) is 6.08 Å². The number of nitrogens with zero attached hydrogens (tertiary/aromatic N) is 1. The molecule has 1 aliphatic rings. The van der Waals surface area contributed by atoms with E-state index in [2.05, 4.69) is 134 Å². The molecule has 2 heterocycles. The van der Waals surface area contributed by atoms with Gasteiger partial charge in [-0.25, -0.2) is 0 Å². The highest BCUT2D eigenvalue weighted by atomic mass is 16.5. The van der Waals surface area contributed by atoms with Crippen LogP contribution in [0.3, 0.4) is 0 Å². The maximum Gasteiger partial charge on any atom is 0.337 e. The lowest BCUT2D eigenvalue weighted by Gasteiger charge is -2.28. The van der Waals surface area contributed by atoms with Gasteiger partial charge in [-0.2, -0.15) is 0 Å². The maximum atomic E-state index is 11.1. The van der Waals surface area contributed by atoms with Gasteiger partial charge in [-0.1, -0.05) is 84.9 Å². The maximum absolute atomic E-state index is 11.1. The molecule has 5 rings (SSSR count). The van der Waals surface area contributed by atoms with Crippen molar-refractivity contribution in [2.75, 3.05) is 0 Å². The molecule has 0 saturated heterocycles. The second kappa shape index (κ2) is 12.9. The van der Waals surface area contributed by atoms with Crippen LogP contribution in [-0.4, -0.2) is 11.2 Å². The van der Waals surface area contributed by atoms with Crippen molar-refractivity contribution in [1.29, 1.82) is 0 Å². The molecule has 2 unspecified atom stereocenters. The largest absolute Gasteiger partial charge is 0.433 e. The number of aryl methyl sites for hydroxylation is 2. The van der Waals surface area contributed by atoms with Crippen molar-refractivity contribution in [3.05, 3.63) is 101 Å². The summed E-state index contributed by atoms with van der Waals surface area (Å²) in [5, 5.41) is 12.3. The lowest BCUT2D eigenvalue weighted by atomic mass is 9.91. The summed E-state index contributed by atoms with van der Waals surface area (Å²) in [4.78, 5) is 0. The quantitative estimate of drug-likeness (QED) is 0.139. The summed E-state index contributed by atoms with van der Waals surface area (Å²) in [6, 6.07) is 24.7. The first-order valence-corrected chi connectivity index (χ1v) is 16.7. The minimum Gasteiger partial charge on any atom is -0.433 e. The Labute approximate surface area is 265 Å². The average molecular weight is 591 g/mol. The Morgan fingerprint density at radius 3 is 2.23 bits per heavy atom. The van der Waals surface area contributed by atoms with Crippen molar-refractivity contribution in [3.8, 4) is 22.4 Å². The van der Waals surface area contributed by atoms with E-state index in [0.717, 1.165) is 25.0 Å². The highest BCUT2D eigenvalue weighted by Crippen LogP contribution is 2.45. The molecule has 3 heteroatoms. The molecule has 232 valence electrons. The number of allylic oxidation sites excluding steroid dienone is 1. The molecule has 0 spiro atoms. The molecule has 1 aromatic heterocycles. The predicted molar refractivity (Wildman–Crippen MR) is 185 cm³/mol. The van der Waals surface area contributed by atoms with Gasteiger partial charge in [0.1, 0.15) is 5.76 Å². The van der Waals surface area contributed by atoms with Gasteiger partial charge >= 0.3 is 5.72 Å². The van der Waals surface area contributed by atoms with Gasteiger partial charge in [0.15, 0.2) is 0 Å². The van der Waals surface area contributed by atoms with Crippen LogP contribution in [0.15, 0.2) is 78.6 Å². The van der Waals surface area contributed by atoms with E-state index >= 15 is 0 Å². The van der Waals surface area contributed by atoms with Crippen molar-refractivity contribution in [2.45, 2.75) is 99.8 Å². The highest BCUT2D eigenvalue weighted by Gasteiger charge is 2.53. The third-order valence-electron chi connectivity index (χ3n) is 8.81. The smallest absolute Gasteiger partial charge is 0.337 e. The third kappa shape index (κ3) is 6.35. The standard InChI is InChI=1S/C41H52NO2/c1-10-30-21-29(8)22-37-39-24-33(18-26(2)3)36-23-32(31-14-12-11-13-15-31)16-17-38(36)42(39)41(9,40(30)37)44-35(20-28(6)7)25-34(43)19-27(4)5/h11-17,21-28,34,43H,10,18-20H2,1-9H3/q+1/b35-25-. The number of ether oxygens (including phenoxy) is 1. The molecule has 0 saturated carbocycles. The number of fused-ring (bicyclic) bond motifs is 5. The molecule has 2 atom stereocenters. The van der Waals surface area contributed by atoms with Gasteiger partial charge in [-0.3, -0.25) is 0 Å². The monoisotopic (exact) mass is 590 g/mol. The van der Waals surface area contributed by atoms with Crippen LogP contribution >= 0.6 is 0 Å². The second-order valence-corrected chi connectivity index (χ2v) is 14.3. The first-order valence-electron chi connectivity index (χ1n) is 16.7. The number of aliphatic hydroxyl groups is 1. The van der Waals surface area contributed by atoms with E-state index in [1.54, 1.807) is 0 Å². The number of aliphatic hydroxyl groups excluding tert-OH is 1. The summed E-state index contributed by atoms with van der Waals surface area (Å²) in [7, 11) is 0. The molecule has 4 aromatic rings. The average Bonchev–Trinajstić information content (AvgIpc) is 3.19. The summed E-state index contributed by atoms with van der Waals surface area (Å²) >= 11 is 0. The Balaban J connectivity index is 1.81. The molecule has 3 aromatic carbocycles. The molecule has 44 heavy (non-hydrogen) atoms. The molecule has 0 radical (unpaired) electrons. The molecule has 0 bridgehead atoms. The van der Waals surface area contributed by atoms with Crippen LogP contribution in [0, 0.1) is 24.7 Å². The Kier molecular flexibility index (Phi) is 9.37. The lowest BCUT2D eigenvalue weighted by Crippen LogP contribution is -2.55. The van der Waals surface area contributed by atoms with Crippen LogP contribution in [-0.2, 0) is 23.3 Å². The number of hydrogen-bond donors (Lipinski definition) is 1. The fourth-order valence-electron chi connectivity index (χ4n) is 7.17. The fraction of sp³-hybridized carbons (Fsp3) is 0.439. The van der Waals surface area contributed by atoms with Gasteiger partial charge < -0.3 is 9.84 Å². The Bertz CT molecular complexity index is 1660. The van der Waals surface area contributed by atoms with Crippen molar-refractivity contribution in [1.82, 2.24) is 0 Å². The number of rotatable bonds is 11. The Morgan fingerprint density at radius 1 is 0.864 bits per heavy atom. The van der Waals surface area contributed by atoms with E-state index in [1.165, 1.54) is 55.5 Å². The highest BCUT2D eigenvalue weighted by molar-refractivity contribution is 5.88. The molecule has 1 aliphatic heterocycles. The predicted octanol–water partition coefficient (Wildman–Crippen LogP) is 9.92. The van der Waals surface area contributed by atoms with E-state index in [9.17, 15) is 5.11 Å². The lowest BCUT2D eigenvalue weighted by molar-refractivity contribution is -0.755.